The molecule has 0 fully saturated rings. The van der Waals surface area contributed by atoms with E-state index in [0.717, 1.165) is 4.57 Å². The van der Waals surface area contributed by atoms with Crippen LogP contribution in [0.1, 0.15) is 15.9 Å². The van der Waals surface area contributed by atoms with Crippen molar-refractivity contribution >= 4 is 29.5 Å². The molecule has 142 valence electrons. The SMILES string of the molecule is Cn1cc(/C=C/C(=O)NCCNC(=O)c2ccc(Cl)cc2)c(=O)n(C)c1=O. The van der Waals surface area contributed by atoms with Crippen LogP contribution in [0.4, 0.5) is 0 Å². The number of rotatable bonds is 6. The van der Waals surface area contributed by atoms with E-state index in [1.165, 1.54) is 37.0 Å². The molecule has 0 bridgehead atoms. The minimum absolute atomic E-state index is 0.214. The number of halogens is 1. The van der Waals surface area contributed by atoms with Crippen LogP contribution in [0.25, 0.3) is 6.08 Å². The van der Waals surface area contributed by atoms with Gasteiger partial charge in [-0.15, -0.1) is 0 Å². The van der Waals surface area contributed by atoms with E-state index in [2.05, 4.69) is 10.6 Å². The minimum Gasteiger partial charge on any atom is -0.351 e. The maximum atomic E-state index is 12.0. The molecular weight excluding hydrogens is 372 g/mol. The third-order valence-electron chi connectivity index (χ3n) is 3.70. The first-order valence-corrected chi connectivity index (χ1v) is 8.43. The largest absolute Gasteiger partial charge is 0.351 e. The summed E-state index contributed by atoms with van der Waals surface area (Å²) in [5, 5.41) is 5.80. The molecule has 0 radical (unpaired) electrons. The Bertz CT molecular complexity index is 990. The van der Waals surface area contributed by atoms with Crippen LogP contribution in [0.5, 0.6) is 0 Å². The predicted octanol–water partition coefficient (Wildman–Crippen LogP) is 0.297. The number of hydrogen-bond acceptors (Lipinski definition) is 4. The Morgan fingerprint density at radius 3 is 2.37 bits per heavy atom. The van der Waals surface area contributed by atoms with E-state index in [1.807, 2.05) is 0 Å². The zero-order valence-electron chi connectivity index (χ0n) is 14.9. The highest BCUT2D eigenvalue weighted by Gasteiger charge is 2.06. The van der Waals surface area contributed by atoms with Crippen LogP contribution in [0.2, 0.25) is 5.02 Å². The second-order valence-corrected chi connectivity index (χ2v) is 6.17. The molecule has 1 aromatic heterocycles. The molecule has 2 rings (SSSR count). The van der Waals surface area contributed by atoms with E-state index >= 15 is 0 Å². The fourth-order valence-corrected chi connectivity index (χ4v) is 2.37. The highest BCUT2D eigenvalue weighted by Crippen LogP contribution is 2.09. The molecule has 0 aliphatic carbocycles. The average Bonchev–Trinajstić information content (AvgIpc) is 2.65. The summed E-state index contributed by atoms with van der Waals surface area (Å²) in [6.07, 6.45) is 3.90. The van der Waals surface area contributed by atoms with Crippen LogP contribution in [-0.2, 0) is 18.9 Å². The first-order valence-electron chi connectivity index (χ1n) is 8.06. The van der Waals surface area contributed by atoms with Gasteiger partial charge in [-0.05, 0) is 30.3 Å². The highest BCUT2D eigenvalue weighted by atomic mass is 35.5. The third kappa shape index (κ3) is 5.42. The molecule has 2 N–H and O–H groups in total. The van der Waals surface area contributed by atoms with E-state index in [4.69, 9.17) is 11.6 Å². The number of benzene rings is 1. The van der Waals surface area contributed by atoms with E-state index in [9.17, 15) is 19.2 Å². The monoisotopic (exact) mass is 390 g/mol. The molecule has 0 aliphatic rings. The number of carbonyl (C=O) groups is 2. The van der Waals surface area contributed by atoms with Crippen molar-refractivity contribution in [3.8, 4) is 0 Å². The van der Waals surface area contributed by atoms with Crippen LogP contribution in [0.3, 0.4) is 0 Å². The lowest BCUT2D eigenvalue weighted by atomic mass is 10.2. The molecule has 8 nitrogen and oxygen atoms in total. The standard InChI is InChI=1S/C18H19ClN4O4/c1-22-11-13(17(26)23(2)18(22)27)5-8-15(24)20-9-10-21-16(25)12-3-6-14(19)7-4-12/h3-8,11H,9-10H2,1-2H3,(H,20,24)(H,21,25)/b8-5+. The quantitative estimate of drug-likeness (QED) is 0.547. The highest BCUT2D eigenvalue weighted by molar-refractivity contribution is 6.30. The lowest BCUT2D eigenvalue weighted by Crippen LogP contribution is -2.37. The zero-order valence-corrected chi connectivity index (χ0v) is 15.6. The zero-order chi connectivity index (χ0) is 20.0. The molecule has 0 spiro atoms. The van der Waals surface area contributed by atoms with Crippen molar-refractivity contribution in [1.82, 2.24) is 19.8 Å². The smallest absolute Gasteiger partial charge is 0.330 e. The van der Waals surface area contributed by atoms with Crippen LogP contribution in [0.15, 0.2) is 46.1 Å². The summed E-state index contributed by atoms with van der Waals surface area (Å²) in [4.78, 5) is 47.3. The second kappa shape index (κ2) is 9.00. The van der Waals surface area contributed by atoms with Crippen molar-refractivity contribution in [2.45, 2.75) is 0 Å². The minimum atomic E-state index is -0.489. The molecule has 0 saturated carbocycles. The van der Waals surface area contributed by atoms with Crippen molar-refractivity contribution in [3.63, 3.8) is 0 Å². The van der Waals surface area contributed by atoms with Gasteiger partial charge in [-0.3, -0.25) is 19.0 Å². The molecule has 1 heterocycles. The Morgan fingerprint density at radius 2 is 1.70 bits per heavy atom. The summed E-state index contributed by atoms with van der Waals surface area (Å²) in [6.45, 7) is 0.455. The van der Waals surface area contributed by atoms with Gasteiger partial charge in [0.1, 0.15) is 0 Å². The lowest BCUT2D eigenvalue weighted by molar-refractivity contribution is -0.116. The molecule has 9 heteroatoms. The molecule has 27 heavy (non-hydrogen) atoms. The molecular formula is C18H19ClN4O4. The Morgan fingerprint density at radius 1 is 1.07 bits per heavy atom. The third-order valence-corrected chi connectivity index (χ3v) is 3.96. The molecule has 2 amide bonds. The Balaban J connectivity index is 1.84. The van der Waals surface area contributed by atoms with Crippen molar-refractivity contribution in [2.24, 2.45) is 14.1 Å². The summed E-state index contributed by atoms with van der Waals surface area (Å²) in [7, 11) is 2.88. The molecule has 0 aliphatic heterocycles. The van der Waals surface area contributed by atoms with Gasteiger partial charge >= 0.3 is 5.69 Å². The van der Waals surface area contributed by atoms with Gasteiger partial charge in [0.15, 0.2) is 0 Å². The number of aromatic nitrogens is 2. The van der Waals surface area contributed by atoms with Crippen LogP contribution in [0, 0.1) is 0 Å². The average molecular weight is 391 g/mol. The summed E-state index contributed by atoms with van der Waals surface area (Å²) < 4.78 is 2.22. The normalized spacial score (nSPS) is 10.8. The van der Waals surface area contributed by atoms with Gasteiger partial charge < -0.3 is 15.2 Å². The molecule has 0 saturated heterocycles. The first-order chi connectivity index (χ1) is 12.8. The van der Waals surface area contributed by atoms with Gasteiger partial charge in [-0.1, -0.05) is 11.6 Å². The van der Waals surface area contributed by atoms with E-state index in [-0.39, 0.29) is 24.6 Å². The Kier molecular flexibility index (Phi) is 6.73. The van der Waals surface area contributed by atoms with Crippen molar-refractivity contribution in [3.05, 3.63) is 73.5 Å². The molecule has 0 unspecified atom stereocenters. The number of nitrogens with zero attached hydrogens (tertiary/aromatic N) is 2. The fraction of sp³-hybridized carbons (Fsp3) is 0.222. The summed E-state index contributed by atoms with van der Waals surface area (Å²) in [5.41, 5.74) is -0.252. The number of carbonyl (C=O) groups excluding carboxylic acids is 2. The summed E-state index contributed by atoms with van der Waals surface area (Å²) in [6, 6.07) is 6.44. The van der Waals surface area contributed by atoms with Crippen LogP contribution < -0.4 is 21.9 Å². The van der Waals surface area contributed by atoms with E-state index in [0.29, 0.717) is 10.6 Å². The summed E-state index contributed by atoms with van der Waals surface area (Å²) in [5.74, 6) is -0.697. The van der Waals surface area contributed by atoms with Crippen molar-refractivity contribution in [1.29, 1.82) is 0 Å². The first kappa shape index (κ1) is 20.2. The molecule has 0 atom stereocenters. The topological polar surface area (TPSA) is 102 Å². The van der Waals surface area contributed by atoms with Crippen molar-refractivity contribution < 1.29 is 9.59 Å². The number of aryl methyl sites for hydroxylation is 1. The Hall–Kier alpha value is -3.13. The van der Waals surface area contributed by atoms with Gasteiger partial charge in [0.25, 0.3) is 11.5 Å². The van der Waals surface area contributed by atoms with Gasteiger partial charge in [0.05, 0.1) is 5.56 Å². The Labute approximate surface area is 160 Å². The van der Waals surface area contributed by atoms with Crippen molar-refractivity contribution in [2.75, 3.05) is 13.1 Å². The maximum Gasteiger partial charge on any atom is 0.330 e. The molecule has 2 aromatic rings. The van der Waals surface area contributed by atoms with E-state index in [1.54, 1.807) is 24.3 Å². The number of amides is 2. The number of hydrogen-bond donors (Lipinski definition) is 2. The maximum absolute atomic E-state index is 12.0. The fourth-order valence-electron chi connectivity index (χ4n) is 2.24. The van der Waals surface area contributed by atoms with E-state index < -0.39 is 17.2 Å². The van der Waals surface area contributed by atoms with Crippen LogP contribution in [-0.4, -0.2) is 34.0 Å². The molecule has 1 aromatic carbocycles. The predicted molar refractivity (Wildman–Crippen MR) is 103 cm³/mol. The van der Waals surface area contributed by atoms with Gasteiger partial charge in [0, 0.05) is 50.0 Å². The number of nitrogens with one attached hydrogen (secondary N) is 2. The van der Waals surface area contributed by atoms with Gasteiger partial charge in [0.2, 0.25) is 5.91 Å². The van der Waals surface area contributed by atoms with Gasteiger partial charge in [-0.25, -0.2) is 4.79 Å². The lowest BCUT2D eigenvalue weighted by Gasteiger charge is -2.06. The second-order valence-electron chi connectivity index (χ2n) is 5.73. The van der Waals surface area contributed by atoms with Crippen LogP contribution >= 0.6 is 11.6 Å². The van der Waals surface area contributed by atoms with Gasteiger partial charge in [-0.2, -0.15) is 0 Å². The summed E-state index contributed by atoms with van der Waals surface area (Å²) >= 11 is 5.76.